The average Bonchev–Trinajstić information content (AvgIpc) is 2.98. The second kappa shape index (κ2) is 5.45. The van der Waals surface area contributed by atoms with Gasteiger partial charge < -0.3 is 4.90 Å². The highest BCUT2D eigenvalue weighted by Gasteiger charge is 2.37. The summed E-state index contributed by atoms with van der Waals surface area (Å²) in [6, 6.07) is -0.0203. The second-order valence-corrected chi connectivity index (χ2v) is 6.56. The number of hydrogen-bond acceptors (Lipinski definition) is 4. The predicted octanol–water partition coefficient (Wildman–Crippen LogP) is 2.75. The Hall–Kier alpha value is -1.17. The SMILES string of the molecule is CCc1nnc(NC(=O)N2CC(C3CCCC3)C2)s1. The standard InChI is InChI=1S/C13H20N4OS/c1-2-11-15-16-12(19-11)14-13(18)17-7-10(8-17)9-5-3-4-6-9/h9-10H,2-8H2,1H3,(H,14,16,18). The van der Waals surface area contributed by atoms with Gasteiger partial charge in [0, 0.05) is 13.1 Å². The average molecular weight is 280 g/mol. The number of urea groups is 1. The first-order chi connectivity index (χ1) is 9.26. The Labute approximate surface area is 117 Å². The molecule has 0 atom stereocenters. The maximum Gasteiger partial charge on any atom is 0.323 e. The van der Waals surface area contributed by atoms with Crippen molar-refractivity contribution in [2.75, 3.05) is 18.4 Å². The molecule has 5 nitrogen and oxygen atoms in total. The molecule has 19 heavy (non-hydrogen) atoms. The number of anilines is 1. The van der Waals surface area contributed by atoms with Crippen LogP contribution in [0.1, 0.15) is 37.6 Å². The summed E-state index contributed by atoms with van der Waals surface area (Å²) >= 11 is 1.46. The van der Waals surface area contributed by atoms with E-state index in [0.717, 1.165) is 36.4 Å². The number of nitrogens with zero attached hydrogens (tertiary/aromatic N) is 3. The molecule has 0 bridgehead atoms. The Kier molecular flexibility index (Phi) is 3.68. The largest absolute Gasteiger partial charge is 0.324 e. The molecule has 1 aliphatic heterocycles. The topological polar surface area (TPSA) is 58.1 Å². The van der Waals surface area contributed by atoms with E-state index in [1.54, 1.807) is 0 Å². The lowest BCUT2D eigenvalue weighted by Gasteiger charge is -2.42. The highest BCUT2D eigenvalue weighted by molar-refractivity contribution is 7.15. The van der Waals surface area contributed by atoms with Gasteiger partial charge in [0.05, 0.1) is 0 Å². The fourth-order valence-corrected chi connectivity index (χ4v) is 3.69. The summed E-state index contributed by atoms with van der Waals surface area (Å²) in [6.07, 6.45) is 6.32. The van der Waals surface area contributed by atoms with Gasteiger partial charge in [-0.2, -0.15) is 0 Å². The zero-order chi connectivity index (χ0) is 13.2. The Morgan fingerprint density at radius 1 is 1.32 bits per heavy atom. The molecule has 0 unspecified atom stereocenters. The van der Waals surface area contributed by atoms with Crippen LogP contribution in [0.25, 0.3) is 0 Å². The van der Waals surface area contributed by atoms with Crippen LogP contribution in [0.2, 0.25) is 0 Å². The van der Waals surface area contributed by atoms with Gasteiger partial charge in [-0.15, -0.1) is 10.2 Å². The molecular formula is C13H20N4OS. The minimum Gasteiger partial charge on any atom is -0.324 e. The van der Waals surface area contributed by atoms with Crippen molar-refractivity contribution in [3.63, 3.8) is 0 Å². The smallest absolute Gasteiger partial charge is 0.323 e. The van der Waals surface area contributed by atoms with E-state index in [-0.39, 0.29) is 6.03 Å². The molecule has 104 valence electrons. The molecule has 1 N–H and O–H groups in total. The highest BCUT2D eigenvalue weighted by Crippen LogP contribution is 2.36. The van der Waals surface area contributed by atoms with E-state index >= 15 is 0 Å². The molecular weight excluding hydrogens is 260 g/mol. The molecule has 0 spiro atoms. The minimum absolute atomic E-state index is 0.0203. The van der Waals surface area contributed by atoms with Crippen LogP contribution in [0.4, 0.5) is 9.93 Å². The third-order valence-electron chi connectivity index (χ3n) is 4.25. The van der Waals surface area contributed by atoms with E-state index in [2.05, 4.69) is 15.5 Å². The molecule has 3 rings (SSSR count). The van der Waals surface area contributed by atoms with E-state index < -0.39 is 0 Å². The third kappa shape index (κ3) is 2.73. The molecule has 2 aliphatic rings. The normalized spacial score (nSPS) is 20.6. The molecule has 6 heteroatoms. The number of rotatable bonds is 3. The van der Waals surface area contributed by atoms with Crippen molar-refractivity contribution in [2.24, 2.45) is 11.8 Å². The van der Waals surface area contributed by atoms with Gasteiger partial charge in [0.1, 0.15) is 5.01 Å². The van der Waals surface area contributed by atoms with E-state index in [0.29, 0.717) is 5.13 Å². The molecule has 2 fully saturated rings. The summed E-state index contributed by atoms with van der Waals surface area (Å²) in [4.78, 5) is 13.9. The number of likely N-dealkylation sites (tertiary alicyclic amines) is 1. The van der Waals surface area contributed by atoms with Crippen molar-refractivity contribution < 1.29 is 4.79 Å². The quantitative estimate of drug-likeness (QED) is 0.926. The van der Waals surface area contributed by atoms with E-state index in [1.165, 1.54) is 37.0 Å². The second-order valence-electron chi connectivity index (χ2n) is 5.49. The lowest BCUT2D eigenvalue weighted by atomic mass is 9.85. The van der Waals surface area contributed by atoms with E-state index in [1.807, 2.05) is 11.8 Å². The van der Waals surface area contributed by atoms with Crippen molar-refractivity contribution in [3.8, 4) is 0 Å². The molecule has 2 heterocycles. The van der Waals surface area contributed by atoms with Crippen molar-refractivity contribution in [1.29, 1.82) is 0 Å². The van der Waals surface area contributed by atoms with Gasteiger partial charge in [0.2, 0.25) is 5.13 Å². The first-order valence-electron chi connectivity index (χ1n) is 7.14. The van der Waals surface area contributed by atoms with Crippen LogP contribution in [0.3, 0.4) is 0 Å². The van der Waals surface area contributed by atoms with Gasteiger partial charge in [-0.3, -0.25) is 5.32 Å². The Balaban J connectivity index is 1.47. The monoisotopic (exact) mass is 280 g/mol. The van der Waals surface area contributed by atoms with Gasteiger partial charge in [-0.1, -0.05) is 43.9 Å². The maximum atomic E-state index is 12.0. The maximum absolute atomic E-state index is 12.0. The summed E-state index contributed by atoms with van der Waals surface area (Å²) in [5, 5.41) is 12.4. The zero-order valence-corrected chi connectivity index (χ0v) is 12.1. The summed E-state index contributed by atoms with van der Waals surface area (Å²) < 4.78 is 0. The summed E-state index contributed by atoms with van der Waals surface area (Å²) in [7, 11) is 0. The molecule has 1 aromatic heterocycles. The zero-order valence-electron chi connectivity index (χ0n) is 11.3. The first kappa shape index (κ1) is 12.8. The molecule has 1 aliphatic carbocycles. The first-order valence-corrected chi connectivity index (χ1v) is 7.96. The number of nitrogens with one attached hydrogen (secondary N) is 1. The van der Waals surface area contributed by atoms with Crippen LogP contribution in [0.5, 0.6) is 0 Å². The van der Waals surface area contributed by atoms with Crippen LogP contribution in [-0.2, 0) is 6.42 Å². The Morgan fingerprint density at radius 3 is 2.68 bits per heavy atom. The molecule has 1 saturated carbocycles. The summed E-state index contributed by atoms with van der Waals surface area (Å²) in [5.41, 5.74) is 0. The molecule has 0 radical (unpaired) electrons. The van der Waals surface area contributed by atoms with Crippen LogP contribution in [0.15, 0.2) is 0 Å². The lowest BCUT2D eigenvalue weighted by Crippen LogP contribution is -2.53. The number of carbonyl (C=O) groups is 1. The molecule has 2 amide bonds. The minimum atomic E-state index is -0.0203. The van der Waals surface area contributed by atoms with Gasteiger partial charge in [-0.05, 0) is 18.3 Å². The lowest BCUT2D eigenvalue weighted by molar-refractivity contribution is 0.0927. The van der Waals surface area contributed by atoms with Gasteiger partial charge >= 0.3 is 6.03 Å². The predicted molar refractivity (Wildman–Crippen MR) is 75.3 cm³/mol. The van der Waals surface area contributed by atoms with E-state index in [9.17, 15) is 4.79 Å². The number of aryl methyl sites for hydroxylation is 1. The van der Waals surface area contributed by atoms with Gasteiger partial charge in [0.25, 0.3) is 0 Å². The number of carbonyl (C=O) groups excluding carboxylic acids is 1. The Bertz CT molecular complexity index is 449. The number of hydrogen-bond donors (Lipinski definition) is 1. The van der Waals surface area contributed by atoms with Gasteiger partial charge in [0.15, 0.2) is 0 Å². The van der Waals surface area contributed by atoms with Crippen LogP contribution in [0, 0.1) is 11.8 Å². The molecule has 0 aromatic carbocycles. The fraction of sp³-hybridized carbons (Fsp3) is 0.769. The number of amides is 2. The van der Waals surface area contributed by atoms with E-state index in [4.69, 9.17) is 0 Å². The molecule has 1 aromatic rings. The van der Waals surface area contributed by atoms with Crippen molar-refractivity contribution in [1.82, 2.24) is 15.1 Å². The Morgan fingerprint density at radius 2 is 2.05 bits per heavy atom. The van der Waals surface area contributed by atoms with Crippen molar-refractivity contribution in [3.05, 3.63) is 5.01 Å². The van der Waals surface area contributed by atoms with Crippen molar-refractivity contribution >= 4 is 22.5 Å². The van der Waals surface area contributed by atoms with Crippen molar-refractivity contribution in [2.45, 2.75) is 39.0 Å². The van der Waals surface area contributed by atoms with Crippen LogP contribution >= 0.6 is 11.3 Å². The molecule has 1 saturated heterocycles. The number of aromatic nitrogens is 2. The fourth-order valence-electron chi connectivity index (χ4n) is 3.02. The van der Waals surface area contributed by atoms with Crippen LogP contribution < -0.4 is 5.32 Å². The highest BCUT2D eigenvalue weighted by atomic mass is 32.1. The summed E-state index contributed by atoms with van der Waals surface area (Å²) in [5.74, 6) is 1.59. The van der Waals surface area contributed by atoms with Gasteiger partial charge in [-0.25, -0.2) is 4.79 Å². The third-order valence-corrected chi connectivity index (χ3v) is 5.23. The summed E-state index contributed by atoms with van der Waals surface area (Å²) in [6.45, 7) is 3.86. The van der Waals surface area contributed by atoms with Crippen LogP contribution in [-0.4, -0.2) is 34.2 Å².